The second-order valence-electron chi connectivity index (χ2n) is 12.4. The Bertz CT molecular complexity index is 957. The maximum absolute atomic E-state index is 12.4. The van der Waals surface area contributed by atoms with Gasteiger partial charge in [0.2, 0.25) is 0 Å². The van der Waals surface area contributed by atoms with Crippen LogP contribution in [-0.4, -0.2) is 41.1 Å². The molecule has 3 fully saturated rings. The zero-order chi connectivity index (χ0) is 26.3. The second-order valence-corrected chi connectivity index (χ2v) is 12.4. The first-order valence-electron chi connectivity index (χ1n) is 13.9. The molecule has 4 aliphatic rings. The van der Waals surface area contributed by atoms with Gasteiger partial charge in [0.05, 0.1) is 5.71 Å². The van der Waals surface area contributed by atoms with Crippen molar-refractivity contribution < 1.29 is 24.3 Å². The third kappa shape index (κ3) is 4.74. The summed E-state index contributed by atoms with van der Waals surface area (Å²) in [7, 11) is 0. The summed E-state index contributed by atoms with van der Waals surface area (Å²) in [5.74, 6) is 0.967. The molecule has 0 aliphatic heterocycles. The van der Waals surface area contributed by atoms with Crippen molar-refractivity contribution >= 4 is 23.4 Å². The van der Waals surface area contributed by atoms with Crippen molar-refractivity contribution in [1.29, 1.82) is 0 Å². The number of ketones is 1. The monoisotopic (exact) mass is 500 g/mol. The Hall–Kier alpha value is -2.18. The van der Waals surface area contributed by atoms with E-state index in [1.54, 1.807) is 13.8 Å². The molecule has 7 nitrogen and oxygen atoms in total. The SMILES string of the molecule is CC[C@@H](C)[C@H](NC(=O)CO/N=C1\C=C2CC[C@H]3[C@@H]4CC[C@H](C(C)=O)[C@@]4(C)CC[C@@H]3[C@@]2(C)CC1)C(=O)O. The van der Waals surface area contributed by atoms with Gasteiger partial charge < -0.3 is 15.3 Å². The molecule has 200 valence electrons. The summed E-state index contributed by atoms with van der Waals surface area (Å²) in [5.41, 5.74) is 2.66. The molecule has 0 aromatic rings. The van der Waals surface area contributed by atoms with Crippen molar-refractivity contribution in [2.24, 2.45) is 45.6 Å². The van der Waals surface area contributed by atoms with Crippen LogP contribution in [-0.2, 0) is 19.2 Å². The third-order valence-corrected chi connectivity index (χ3v) is 10.6. The quantitative estimate of drug-likeness (QED) is 0.449. The normalized spacial score (nSPS) is 38.1. The minimum Gasteiger partial charge on any atom is -0.480 e. The van der Waals surface area contributed by atoms with E-state index in [0.717, 1.165) is 37.8 Å². The minimum atomic E-state index is -1.03. The molecular formula is C29H44N2O5. The maximum atomic E-state index is 12.4. The van der Waals surface area contributed by atoms with Crippen LogP contribution in [0.2, 0.25) is 0 Å². The second kappa shape index (κ2) is 10.3. The number of nitrogens with one attached hydrogen (secondary N) is 1. The summed E-state index contributed by atoms with van der Waals surface area (Å²) in [6, 6.07) is -0.922. The average molecular weight is 501 g/mol. The van der Waals surface area contributed by atoms with Crippen molar-refractivity contribution in [2.75, 3.05) is 6.61 Å². The molecule has 0 spiro atoms. The first-order chi connectivity index (χ1) is 17.0. The van der Waals surface area contributed by atoms with E-state index in [4.69, 9.17) is 4.84 Å². The predicted octanol–water partition coefficient (Wildman–Crippen LogP) is 5.14. The van der Waals surface area contributed by atoms with Crippen LogP contribution >= 0.6 is 0 Å². The molecule has 4 rings (SSSR count). The van der Waals surface area contributed by atoms with Crippen LogP contribution in [0.4, 0.5) is 0 Å². The number of carboxylic acid groups (broad SMARTS) is 1. The Morgan fingerprint density at radius 2 is 1.89 bits per heavy atom. The highest BCUT2D eigenvalue weighted by Crippen LogP contribution is 2.66. The number of oxime groups is 1. The number of fused-ring (bicyclic) bond motifs is 5. The van der Waals surface area contributed by atoms with Crippen molar-refractivity contribution in [2.45, 2.75) is 98.4 Å². The van der Waals surface area contributed by atoms with Crippen LogP contribution in [0.15, 0.2) is 16.8 Å². The molecule has 7 heteroatoms. The van der Waals surface area contributed by atoms with Crippen molar-refractivity contribution in [3.8, 4) is 0 Å². The Morgan fingerprint density at radius 1 is 1.14 bits per heavy atom. The molecule has 0 aromatic carbocycles. The fourth-order valence-electron chi connectivity index (χ4n) is 8.38. The lowest BCUT2D eigenvalue weighted by molar-refractivity contribution is -0.144. The summed E-state index contributed by atoms with van der Waals surface area (Å²) >= 11 is 0. The fourth-order valence-corrected chi connectivity index (χ4v) is 8.38. The lowest BCUT2D eigenvalue weighted by Gasteiger charge is -2.58. The standard InChI is InChI=1S/C29H44N2O5/c1-6-17(2)26(27(34)35)30-25(33)16-36-31-20-11-13-28(4)19(15-20)7-8-21-23-10-9-22(18(3)32)29(23,5)14-12-24(21)28/h15,17,21-24,26H,6-14,16H2,1-5H3,(H,30,33)(H,34,35)/b31-20-/t17-,21+,22-,23+,24+,26+,28+,29-/m1/s1. The first kappa shape index (κ1) is 26.9. The lowest BCUT2D eigenvalue weighted by atomic mass is 9.46. The molecule has 0 radical (unpaired) electrons. The van der Waals surface area contributed by atoms with E-state index in [-0.39, 0.29) is 29.3 Å². The van der Waals surface area contributed by atoms with E-state index in [1.807, 2.05) is 6.92 Å². The highest BCUT2D eigenvalue weighted by molar-refractivity contribution is 5.96. The Balaban J connectivity index is 1.39. The maximum Gasteiger partial charge on any atom is 0.326 e. The van der Waals surface area contributed by atoms with Gasteiger partial charge >= 0.3 is 5.97 Å². The molecule has 0 saturated heterocycles. The van der Waals surface area contributed by atoms with Crippen molar-refractivity contribution in [1.82, 2.24) is 5.32 Å². The van der Waals surface area contributed by atoms with E-state index >= 15 is 0 Å². The van der Waals surface area contributed by atoms with E-state index < -0.39 is 17.9 Å². The first-order valence-corrected chi connectivity index (χ1v) is 13.9. The zero-order valence-corrected chi connectivity index (χ0v) is 22.6. The molecule has 1 amide bonds. The van der Waals surface area contributed by atoms with Crippen molar-refractivity contribution in [3.05, 3.63) is 11.6 Å². The molecular weight excluding hydrogens is 456 g/mol. The van der Waals surface area contributed by atoms with Gasteiger partial charge in [-0.3, -0.25) is 9.59 Å². The molecule has 0 bridgehead atoms. The number of carbonyl (C=O) groups is 3. The molecule has 36 heavy (non-hydrogen) atoms. The van der Waals surface area contributed by atoms with Crippen LogP contribution in [0, 0.1) is 40.4 Å². The molecule has 0 unspecified atom stereocenters. The Morgan fingerprint density at radius 3 is 2.56 bits per heavy atom. The predicted molar refractivity (Wildman–Crippen MR) is 138 cm³/mol. The summed E-state index contributed by atoms with van der Waals surface area (Å²) in [6.07, 6.45) is 11.5. The van der Waals surface area contributed by atoms with Gasteiger partial charge in [0.1, 0.15) is 11.8 Å². The number of nitrogens with zero attached hydrogens (tertiary/aromatic N) is 1. The zero-order valence-electron chi connectivity index (χ0n) is 22.6. The van der Waals surface area contributed by atoms with Gasteiger partial charge in [-0.05, 0) is 98.9 Å². The summed E-state index contributed by atoms with van der Waals surface area (Å²) in [4.78, 5) is 41.4. The van der Waals surface area contributed by atoms with Crippen LogP contribution in [0.5, 0.6) is 0 Å². The van der Waals surface area contributed by atoms with Gasteiger partial charge in [0.15, 0.2) is 6.61 Å². The minimum absolute atomic E-state index is 0.163. The molecule has 0 heterocycles. The fraction of sp³-hybridized carbons (Fsp3) is 0.793. The highest BCUT2D eigenvalue weighted by Gasteiger charge is 2.59. The third-order valence-electron chi connectivity index (χ3n) is 10.6. The Kier molecular flexibility index (Phi) is 7.68. The molecule has 8 atom stereocenters. The van der Waals surface area contributed by atoms with Gasteiger partial charge in [0.25, 0.3) is 5.91 Å². The Labute approximate surface area is 215 Å². The molecule has 2 N–H and O–H groups in total. The number of allylic oxidation sites excluding steroid dienone is 2. The number of carbonyl (C=O) groups excluding carboxylic acids is 2. The smallest absolute Gasteiger partial charge is 0.326 e. The number of carboxylic acids is 1. The van der Waals surface area contributed by atoms with Crippen LogP contribution < -0.4 is 5.32 Å². The van der Waals surface area contributed by atoms with Gasteiger partial charge in [-0.25, -0.2) is 4.79 Å². The topological polar surface area (TPSA) is 105 Å². The summed E-state index contributed by atoms with van der Waals surface area (Å²) in [6.45, 7) is 10.0. The molecule has 4 aliphatic carbocycles. The van der Waals surface area contributed by atoms with Crippen molar-refractivity contribution in [3.63, 3.8) is 0 Å². The van der Waals surface area contributed by atoms with Gasteiger partial charge in [-0.2, -0.15) is 0 Å². The van der Waals surface area contributed by atoms with Gasteiger partial charge in [-0.1, -0.05) is 44.8 Å². The number of hydrogen-bond donors (Lipinski definition) is 2. The van der Waals surface area contributed by atoms with Gasteiger partial charge in [-0.15, -0.1) is 0 Å². The van der Waals surface area contributed by atoms with Crippen LogP contribution in [0.1, 0.15) is 92.4 Å². The largest absolute Gasteiger partial charge is 0.480 e. The van der Waals surface area contributed by atoms with Gasteiger partial charge in [0, 0.05) is 5.92 Å². The van der Waals surface area contributed by atoms with Crippen LogP contribution in [0.25, 0.3) is 0 Å². The van der Waals surface area contributed by atoms with E-state index in [0.29, 0.717) is 30.0 Å². The number of rotatable bonds is 8. The van der Waals surface area contributed by atoms with E-state index in [2.05, 4.69) is 30.4 Å². The number of amides is 1. The lowest BCUT2D eigenvalue weighted by Crippen LogP contribution is -2.51. The average Bonchev–Trinajstić information content (AvgIpc) is 3.19. The van der Waals surface area contributed by atoms with E-state index in [1.165, 1.54) is 24.8 Å². The van der Waals surface area contributed by atoms with Crippen LogP contribution in [0.3, 0.4) is 0 Å². The highest BCUT2D eigenvalue weighted by atomic mass is 16.6. The van der Waals surface area contributed by atoms with E-state index in [9.17, 15) is 19.5 Å². The number of Topliss-reactive ketones (excluding diaryl/α,β-unsaturated/α-hetero) is 1. The summed E-state index contributed by atoms with van der Waals surface area (Å²) < 4.78 is 0. The molecule has 0 aromatic heterocycles. The number of aliphatic carboxylic acids is 1. The molecule has 3 saturated carbocycles. The summed E-state index contributed by atoms with van der Waals surface area (Å²) in [5, 5.41) is 16.2. The number of hydrogen-bond acceptors (Lipinski definition) is 5.